The molecule has 0 bridgehead atoms. The summed E-state index contributed by atoms with van der Waals surface area (Å²) in [5.74, 6) is -3.08. The molecular weight excluding hydrogens is 538 g/mol. The van der Waals surface area contributed by atoms with E-state index in [2.05, 4.69) is 4.99 Å². The molecule has 2 aliphatic heterocycles. The van der Waals surface area contributed by atoms with Crippen LogP contribution in [0.5, 0.6) is 17.2 Å². The maximum atomic E-state index is 13.7. The van der Waals surface area contributed by atoms with Gasteiger partial charge in [-0.25, -0.2) is 4.99 Å². The molecular formula is C29H29NO11. The van der Waals surface area contributed by atoms with E-state index in [-0.39, 0.29) is 46.6 Å². The first-order chi connectivity index (χ1) is 19.5. The molecule has 6 atom stereocenters. The number of carbonyl (C=O) groups excluding carboxylic acids is 3. The number of aromatic hydroxyl groups is 2. The Labute approximate surface area is 234 Å². The fourth-order valence-electron chi connectivity index (χ4n) is 6.44. The molecule has 2 aliphatic carbocycles. The van der Waals surface area contributed by atoms with E-state index in [4.69, 9.17) is 18.9 Å². The SMILES string of the molecule is COc1cccc2c1C(=O)c1c(O)c3c(c(O)c1C2=O)CC(O)(C(=O)CO)C[C@@H]3OC1CC2N=C(C)OC2C(C)O1. The van der Waals surface area contributed by atoms with Crippen molar-refractivity contribution in [2.24, 2.45) is 4.99 Å². The predicted octanol–water partition coefficient (Wildman–Crippen LogP) is 1.50. The molecule has 1 saturated heterocycles. The van der Waals surface area contributed by atoms with Gasteiger partial charge in [-0.3, -0.25) is 14.4 Å². The molecule has 12 nitrogen and oxygen atoms in total. The number of benzene rings is 2. The lowest BCUT2D eigenvalue weighted by molar-refractivity contribution is -0.242. The van der Waals surface area contributed by atoms with E-state index in [1.807, 2.05) is 0 Å². The molecule has 0 saturated carbocycles. The number of ketones is 3. The van der Waals surface area contributed by atoms with Gasteiger partial charge in [0, 0.05) is 42.9 Å². The molecule has 41 heavy (non-hydrogen) atoms. The molecule has 1 fully saturated rings. The molecule has 2 heterocycles. The lowest BCUT2D eigenvalue weighted by Gasteiger charge is -2.41. The van der Waals surface area contributed by atoms with Crippen LogP contribution in [0.4, 0.5) is 0 Å². The smallest absolute Gasteiger partial charge is 0.202 e. The Balaban J connectivity index is 1.49. The summed E-state index contributed by atoms with van der Waals surface area (Å²) in [5.41, 5.74) is -3.39. The third kappa shape index (κ3) is 4.04. The van der Waals surface area contributed by atoms with Crippen LogP contribution in [0.25, 0.3) is 0 Å². The van der Waals surface area contributed by atoms with Crippen molar-refractivity contribution >= 4 is 23.2 Å². The molecule has 216 valence electrons. The van der Waals surface area contributed by atoms with Crippen LogP contribution in [0.3, 0.4) is 0 Å². The summed E-state index contributed by atoms with van der Waals surface area (Å²) in [5, 5.41) is 44.0. The number of fused-ring (bicyclic) bond motifs is 4. The van der Waals surface area contributed by atoms with Crippen LogP contribution in [0, 0.1) is 0 Å². The Morgan fingerprint density at radius 3 is 2.59 bits per heavy atom. The molecule has 0 spiro atoms. The lowest BCUT2D eigenvalue weighted by atomic mass is 9.72. The largest absolute Gasteiger partial charge is 0.507 e. The first-order valence-electron chi connectivity index (χ1n) is 13.2. The van der Waals surface area contributed by atoms with Crippen LogP contribution in [0.2, 0.25) is 0 Å². The zero-order chi connectivity index (χ0) is 29.4. The second-order valence-electron chi connectivity index (χ2n) is 10.8. The van der Waals surface area contributed by atoms with Gasteiger partial charge in [-0.05, 0) is 13.0 Å². The van der Waals surface area contributed by atoms with E-state index in [9.17, 15) is 34.8 Å². The molecule has 5 unspecified atom stereocenters. The Kier molecular flexibility index (Phi) is 6.42. The van der Waals surface area contributed by atoms with Crippen molar-refractivity contribution < 1.29 is 53.8 Å². The van der Waals surface area contributed by atoms with Crippen LogP contribution in [-0.4, -0.2) is 87.5 Å². The number of nitrogens with zero attached hydrogens (tertiary/aromatic N) is 1. The Bertz CT molecular complexity index is 1530. The summed E-state index contributed by atoms with van der Waals surface area (Å²) in [6.07, 6.45) is -3.66. The molecule has 0 amide bonds. The number of Topliss-reactive ketones (excluding diaryl/α,β-unsaturated/α-hetero) is 1. The van der Waals surface area contributed by atoms with Gasteiger partial charge in [0.25, 0.3) is 0 Å². The van der Waals surface area contributed by atoms with Crippen LogP contribution in [0.15, 0.2) is 23.2 Å². The molecule has 0 aromatic heterocycles. The summed E-state index contributed by atoms with van der Waals surface area (Å²) in [6, 6.07) is 4.14. The van der Waals surface area contributed by atoms with Gasteiger partial charge >= 0.3 is 0 Å². The number of phenolic OH excluding ortho intramolecular Hbond substituents is 2. The molecule has 6 rings (SSSR count). The van der Waals surface area contributed by atoms with Gasteiger partial charge < -0.3 is 39.4 Å². The number of ether oxygens (including phenoxy) is 4. The Morgan fingerprint density at radius 2 is 1.88 bits per heavy atom. The quantitative estimate of drug-likeness (QED) is 0.328. The highest BCUT2D eigenvalue weighted by Gasteiger charge is 2.51. The number of aliphatic hydroxyl groups is 2. The highest BCUT2D eigenvalue weighted by molar-refractivity contribution is 6.31. The van der Waals surface area contributed by atoms with E-state index in [1.165, 1.54) is 25.3 Å². The Morgan fingerprint density at radius 1 is 1.15 bits per heavy atom. The number of hydrogen-bond acceptors (Lipinski definition) is 12. The number of aliphatic imine (C=N–C) groups is 1. The second kappa shape index (κ2) is 9.62. The Hall–Kier alpha value is -3.84. The summed E-state index contributed by atoms with van der Waals surface area (Å²) in [4.78, 5) is 44.5. The molecule has 2 aromatic carbocycles. The van der Waals surface area contributed by atoms with Gasteiger partial charge in [-0.2, -0.15) is 0 Å². The number of phenols is 2. The standard InChI is InChI=1S/C29H29NO11/c1-11-28-15(30-12(2)40-28)7-19(39-11)41-17-9-29(37,18(32)10-31)8-14-21(17)27(36)23-22(25(14)34)24(33)13-5-4-6-16(38-3)20(13)26(23)35/h4-6,11,15,17,19,28,31,34,36-37H,7-10H2,1-3H3/t11?,15?,17-,19?,28?,29?/m0/s1. The number of aliphatic hydroxyl groups excluding tert-OH is 1. The molecule has 12 heteroatoms. The molecule has 0 radical (unpaired) electrons. The van der Waals surface area contributed by atoms with Gasteiger partial charge in [0.1, 0.15) is 35.6 Å². The summed E-state index contributed by atoms with van der Waals surface area (Å²) < 4.78 is 23.3. The van der Waals surface area contributed by atoms with Gasteiger partial charge in [0.15, 0.2) is 23.8 Å². The maximum Gasteiger partial charge on any atom is 0.202 e. The predicted molar refractivity (Wildman–Crippen MR) is 140 cm³/mol. The van der Waals surface area contributed by atoms with Crippen molar-refractivity contribution in [3.8, 4) is 17.2 Å². The van der Waals surface area contributed by atoms with Crippen molar-refractivity contribution in [1.82, 2.24) is 0 Å². The number of carbonyl (C=O) groups is 3. The van der Waals surface area contributed by atoms with Gasteiger partial charge in [0.05, 0.1) is 42.0 Å². The average molecular weight is 568 g/mol. The fraction of sp³-hybridized carbons (Fsp3) is 0.448. The maximum absolute atomic E-state index is 13.7. The van der Waals surface area contributed by atoms with Crippen molar-refractivity contribution in [3.63, 3.8) is 0 Å². The van der Waals surface area contributed by atoms with Gasteiger partial charge in [-0.1, -0.05) is 12.1 Å². The summed E-state index contributed by atoms with van der Waals surface area (Å²) in [6.45, 7) is 2.53. The monoisotopic (exact) mass is 567 g/mol. The van der Waals surface area contributed by atoms with E-state index in [1.54, 1.807) is 13.8 Å². The normalized spacial score (nSPS) is 30.0. The lowest BCUT2D eigenvalue weighted by Crippen LogP contribution is -2.49. The van der Waals surface area contributed by atoms with Crippen LogP contribution in [0.1, 0.15) is 75.8 Å². The van der Waals surface area contributed by atoms with Crippen molar-refractivity contribution in [1.29, 1.82) is 0 Å². The first-order valence-corrected chi connectivity index (χ1v) is 13.2. The minimum absolute atomic E-state index is 0.0319. The topological polar surface area (TPSA) is 181 Å². The number of rotatable bonds is 5. The van der Waals surface area contributed by atoms with E-state index >= 15 is 0 Å². The van der Waals surface area contributed by atoms with E-state index in [0.29, 0.717) is 5.90 Å². The average Bonchev–Trinajstić information content (AvgIpc) is 3.33. The zero-order valence-corrected chi connectivity index (χ0v) is 22.5. The van der Waals surface area contributed by atoms with Crippen molar-refractivity contribution in [2.75, 3.05) is 13.7 Å². The summed E-state index contributed by atoms with van der Waals surface area (Å²) in [7, 11) is 1.34. The third-order valence-electron chi connectivity index (χ3n) is 8.35. The van der Waals surface area contributed by atoms with Crippen LogP contribution >= 0.6 is 0 Å². The van der Waals surface area contributed by atoms with Crippen molar-refractivity contribution in [2.45, 2.75) is 69.4 Å². The van der Waals surface area contributed by atoms with E-state index < -0.39 is 83.5 Å². The van der Waals surface area contributed by atoms with Crippen molar-refractivity contribution in [3.05, 3.63) is 51.6 Å². The second-order valence-corrected chi connectivity index (χ2v) is 10.8. The van der Waals surface area contributed by atoms with Gasteiger partial charge in [-0.15, -0.1) is 0 Å². The number of methoxy groups -OCH3 is 1. The number of hydrogen-bond donors (Lipinski definition) is 4. The van der Waals surface area contributed by atoms with Crippen LogP contribution < -0.4 is 4.74 Å². The zero-order valence-electron chi connectivity index (χ0n) is 22.5. The molecule has 4 N–H and O–H groups in total. The van der Waals surface area contributed by atoms with Crippen LogP contribution in [-0.2, 0) is 25.4 Å². The minimum atomic E-state index is -2.21. The minimum Gasteiger partial charge on any atom is -0.507 e. The summed E-state index contributed by atoms with van der Waals surface area (Å²) >= 11 is 0. The first kappa shape index (κ1) is 27.3. The van der Waals surface area contributed by atoms with Gasteiger partial charge in [0.2, 0.25) is 5.78 Å². The molecule has 2 aromatic rings. The third-order valence-corrected chi connectivity index (χ3v) is 8.35. The fourth-order valence-corrected chi connectivity index (χ4v) is 6.44. The highest BCUT2D eigenvalue weighted by Crippen LogP contribution is 2.52. The molecule has 4 aliphatic rings. The van der Waals surface area contributed by atoms with E-state index in [0.717, 1.165) is 0 Å². The highest BCUT2D eigenvalue weighted by atomic mass is 16.7.